The smallest absolute Gasteiger partial charge is 0.356 e. The number of amides is 1. The molecule has 0 aliphatic carbocycles. The van der Waals surface area contributed by atoms with Crippen molar-refractivity contribution in [1.82, 2.24) is 5.32 Å². The molecule has 0 bridgehead atoms. The van der Waals surface area contributed by atoms with E-state index >= 15 is 0 Å². The highest BCUT2D eigenvalue weighted by atomic mass is 16.5. The molecule has 0 spiro atoms. The van der Waals surface area contributed by atoms with Crippen LogP contribution in [-0.2, 0) is 20.9 Å². The fourth-order valence-corrected chi connectivity index (χ4v) is 2.37. The number of hydrogen-bond acceptors (Lipinski definition) is 5. The maximum Gasteiger partial charge on any atom is 0.356 e. The van der Waals surface area contributed by atoms with Gasteiger partial charge in [0.15, 0.2) is 0 Å². The van der Waals surface area contributed by atoms with E-state index in [2.05, 4.69) is 36.9 Å². The fraction of sp³-hybridized carbons (Fsp3) is 0.227. The fourth-order valence-electron chi connectivity index (χ4n) is 2.37. The van der Waals surface area contributed by atoms with Crippen molar-refractivity contribution in [2.75, 3.05) is 11.6 Å². The highest BCUT2D eigenvalue weighted by Crippen LogP contribution is 2.21. The molecule has 0 radical (unpaired) electrons. The lowest BCUT2D eigenvalue weighted by Crippen LogP contribution is -2.24. The molecule has 6 heteroatoms. The van der Waals surface area contributed by atoms with E-state index in [1.807, 2.05) is 12.1 Å². The number of esters is 1. The Labute approximate surface area is 166 Å². The molecule has 0 aliphatic rings. The van der Waals surface area contributed by atoms with Crippen LogP contribution in [0.25, 0.3) is 0 Å². The first-order valence-electron chi connectivity index (χ1n) is 8.89. The molecule has 1 aromatic carbocycles. The van der Waals surface area contributed by atoms with Gasteiger partial charge in [-0.3, -0.25) is 4.79 Å². The van der Waals surface area contributed by atoms with E-state index in [0.717, 1.165) is 11.1 Å². The summed E-state index contributed by atoms with van der Waals surface area (Å²) in [6.07, 6.45) is 6.16. The number of anilines is 1. The second-order valence-electron chi connectivity index (χ2n) is 5.75. The number of nitrogens with one attached hydrogen (secondary N) is 1. The van der Waals surface area contributed by atoms with Crippen LogP contribution in [0.1, 0.15) is 25.3 Å². The summed E-state index contributed by atoms with van der Waals surface area (Å²) in [4.78, 5) is 24.0. The molecule has 0 fully saturated rings. The molecule has 1 rings (SSSR count). The number of ether oxygens (including phenoxy) is 1. The van der Waals surface area contributed by atoms with E-state index in [-0.39, 0.29) is 18.2 Å². The number of carbonyl (C=O) groups is 2. The van der Waals surface area contributed by atoms with Gasteiger partial charge >= 0.3 is 5.97 Å². The largest absolute Gasteiger partial charge is 0.461 e. The van der Waals surface area contributed by atoms with Crippen molar-refractivity contribution < 1.29 is 14.3 Å². The average Bonchev–Trinajstić information content (AvgIpc) is 2.70. The second-order valence-corrected chi connectivity index (χ2v) is 5.75. The van der Waals surface area contributed by atoms with Crippen molar-refractivity contribution in [2.45, 2.75) is 26.3 Å². The summed E-state index contributed by atoms with van der Waals surface area (Å²) in [6.45, 7) is 16.9. The number of rotatable bonds is 12. The minimum Gasteiger partial charge on any atom is -0.461 e. The summed E-state index contributed by atoms with van der Waals surface area (Å²) < 4.78 is 4.95. The summed E-state index contributed by atoms with van der Waals surface area (Å²) in [5.41, 5.74) is 2.46. The number of carbonyl (C=O) groups excluding carboxylic acids is 2. The summed E-state index contributed by atoms with van der Waals surface area (Å²) in [7, 11) is 0. The predicted octanol–water partition coefficient (Wildman–Crippen LogP) is 3.88. The van der Waals surface area contributed by atoms with Crippen molar-refractivity contribution in [1.29, 1.82) is 0 Å². The van der Waals surface area contributed by atoms with Crippen LogP contribution in [-0.4, -0.2) is 25.2 Å². The lowest BCUT2D eigenvalue weighted by Gasteiger charge is -2.20. The lowest BCUT2D eigenvalue weighted by atomic mass is 10.1. The molecule has 1 N–H and O–H groups in total. The minimum absolute atomic E-state index is 0.0593. The molecule has 0 saturated heterocycles. The van der Waals surface area contributed by atoms with Gasteiger partial charge in [-0.05, 0) is 36.6 Å². The van der Waals surface area contributed by atoms with Crippen LogP contribution in [0.5, 0.6) is 0 Å². The first-order valence-corrected chi connectivity index (χ1v) is 8.89. The van der Waals surface area contributed by atoms with Gasteiger partial charge in [-0.1, -0.05) is 50.1 Å². The highest BCUT2D eigenvalue weighted by Gasteiger charge is 2.17. The van der Waals surface area contributed by atoms with Crippen LogP contribution in [0.3, 0.4) is 0 Å². The molecule has 1 aromatic rings. The van der Waals surface area contributed by atoms with Crippen LogP contribution in [0.2, 0.25) is 0 Å². The van der Waals surface area contributed by atoms with E-state index in [4.69, 9.17) is 4.74 Å². The van der Waals surface area contributed by atoms with Crippen LogP contribution in [0.4, 0.5) is 5.69 Å². The van der Waals surface area contributed by atoms with Crippen molar-refractivity contribution in [3.63, 3.8) is 0 Å². The van der Waals surface area contributed by atoms with Gasteiger partial charge < -0.3 is 10.1 Å². The minimum atomic E-state index is -0.570. The zero-order valence-electron chi connectivity index (χ0n) is 16.3. The van der Waals surface area contributed by atoms with Crippen molar-refractivity contribution >= 4 is 24.3 Å². The SMILES string of the molecule is C=C/C=C(\C=C)CCC(=O)NCc1cccc(N(N=C)C(=C)C(=O)OCC)c1. The Kier molecular flexibility index (Phi) is 9.75. The average molecular weight is 381 g/mol. The lowest BCUT2D eigenvalue weighted by molar-refractivity contribution is -0.138. The Bertz CT molecular complexity index is 781. The molecule has 0 heterocycles. The van der Waals surface area contributed by atoms with Crippen LogP contribution < -0.4 is 10.3 Å². The quantitative estimate of drug-likeness (QED) is 0.196. The predicted molar refractivity (Wildman–Crippen MR) is 114 cm³/mol. The first-order chi connectivity index (χ1) is 13.5. The standard InChI is InChI=1S/C22H27N3O3/c1-6-10-18(7-2)13-14-21(26)24-16-19-11-9-12-20(15-19)25(23-5)17(4)22(27)28-8-3/h6-7,9-12,15H,1-2,4-5,8,13-14,16H2,3H3,(H,24,26)/b18-10+. The number of benzene rings is 1. The topological polar surface area (TPSA) is 71.0 Å². The van der Waals surface area contributed by atoms with Gasteiger partial charge in [-0.15, -0.1) is 0 Å². The Balaban J connectivity index is 2.73. The Morgan fingerprint density at radius 2 is 2.04 bits per heavy atom. The third-order valence-corrected chi connectivity index (χ3v) is 3.79. The van der Waals surface area contributed by atoms with Crippen LogP contribution >= 0.6 is 0 Å². The molecule has 1 amide bonds. The Hall–Kier alpha value is -3.41. The van der Waals surface area contributed by atoms with Crippen molar-refractivity contribution in [3.8, 4) is 0 Å². The maximum atomic E-state index is 12.1. The summed E-state index contributed by atoms with van der Waals surface area (Å²) in [5.74, 6) is -0.643. The number of allylic oxidation sites excluding steroid dienone is 4. The maximum absolute atomic E-state index is 12.1. The van der Waals surface area contributed by atoms with Gasteiger partial charge in [0.25, 0.3) is 0 Å². The van der Waals surface area contributed by atoms with E-state index in [1.165, 1.54) is 5.01 Å². The van der Waals surface area contributed by atoms with Gasteiger partial charge in [0.05, 0.1) is 12.3 Å². The molecule has 0 aromatic heterocycles. The summed E-state index contributed by atoms with van der Waals surface area (Å²) in [5, 5.41) is 8.02. The zero-order valence-corrected chi connectivity index (χ0v) is 16.3. The normalized spacial score (nSPS) is 10.5. The first kappa shape index (κ1) is 22.6. The van der Waals surface area contributed by atoms with Gasteiger partial charge in [0, 0.05) is 19.7 Å². The van der Waals surface area contributed by atoms with Crippen LogP contribution in [0.15, 0.2) is 78.6 Å². The summed E-state index contributed by atoms with van der Waals surface area (Å²) >= 11 is 0. The highest BCUT2D eigenvalue weighted by molar-refractivity contribution is 5.92. The van der Waals surface area contributed by atoms with Crippen molar-refractivity contribution in [2.24, 2.45) is 5.10 Å². The van der Waals surface area contributed by atoms with E-state index in [0.29, 0.717) is 25.1 Å². The van der Waals surface area contributed by atoms with Gasteiger partial charge in [0.2, 0.25) is 5.91 Å². The molecule has 0 saturated carbocycles. The van der Waals surface area contributed by atoms with Crippen molar-refractivity contribution in [3.05, 3.63) is 79.1 Å². The molecule has 6 nitrogen and oxygen atoms in total. The third kappa shape index (κ3) is 7.07. The molecular weight excluding hydrogens is 354 g/mol. The second kappa shape index (κ2) is 12.1. The Morgan fingerprint density at radius 1 is 1.29 bits per heavy atom. The molecule has 28 heavy (non-hydrogen) atoms. The van der Waals surface area contributed by atoms with E-state index < -0.39 is 5.97 Å². The summed E-state index contributed by atoms with van der Waals surface area (Å²) in [6, 6.07) is 7.23. The van der Waals surface area contributed by atoms with E-state index in [9.17, 15) is 9.59 Å². The van der Waals surface area contributed by atoms with E-state index in [1.54, 1.807) is 37.3 Å². The molecule has 0 aliphatic heterocycles. The monoisotopic (exact) mass is 381 g/mol. The van der Waals surface area contributed by atoms with Gasteiger partial charge in [0.1, 0.15) is 5.70 Å². The van der Waals surface area contributed by atoms with Gasteiger partial charge in [-0.2, -0.15) is 5.10 Å². The molecule has 0 atom stereocenters. The Morgan fingerprint density at radius 3 is 2.64 bits per heavy atom. The number of hydrogen-bond donors (Lipinski definition) is 1. The number of nitrogens with zero attached hydrogens (tertiary/aromatic N) is 2. The third-order valence-electron chi connectivity index (χ3n) is 3.79. The molecule has 148 valence electrons. The molecular formula is C22H27N3O3. The van der Waals surface area contributed by atoms with Crippen LogP contribution in [0, 0.1) is 0 Å². The van der Waals surface area contributed by atoms with Gasteiger partial charge in [-0.25, -0.2) is 9.80 Å². The zero-order chi connectivity index (χ0) is 20.9. The molecule has 0 unspecified atom stereocenters. The number of hydrazone groups is 1.